The zero-order chi connectivity index (χ0) is 30.7. The van der Waals surface area contributed by atoms with Crippen molar-refractivity contribution in [2.45, 2.75) is 90.4 Å². The maximum absolute atomic E-state index is 13.9. The number of hydrogen-bond acceptors (Lipinski definition) is 8. The summed E-state index contributed by atoms with van der Waals surface area (Å²) in [6, 6.07) is 5.54. The van der Waals surface area contributed by atoms with Crippen molar-refractivity contribution in [2.24, 2.45) is 11.3 Å². The number of benzene rings is 1. The van der Waals surface area contributed by atoms with Crippen molar-refractivity contribution in [1.29, 1.82) is 0 Å². The number of hydrogen-bond donors (Lipinski definition) is 3. The number of carbonyl (C=O) groups excluding carboxylic acids is 4. The molecule has 1 aromatic carbocycles. The first-order valence-corrected chi connectivity index (χ1v) is 15.4. The van der Waals surface area contributed by atoms with Crippen molar-refractivity contribution in [3.63, 3.8) is 0 Å². The standard InChI is InChI=1S/C32H43N5O6/c1-19(2)27-28(38)34-20(3)29(39)37-13-5-6-26(36-37)30(40)43-21(4)22-7-8-23-18-33-25(17-24(23)16-22)9-10-32(31(41)35-27)11-14-42-15-12-32/h7-8,16-21,26-27,36H,5-6,9-15H2,1-4H3,(H,34,38)(H,35,41)/t20-,21+,26-,27-/m0/s1. The Balaban J connectivity index is 1.49. The van der Waals surface area contributed by atoms with Gasteiger partial charge in [0.1, 0.15) is 24.2 Å². The zero-order valence-electron chi connectivity index (χ0n) is 25.5. The van der Waals surface area contributed by atoms with Crippen molar-refractivity contribution in [3.8, 4) is 0 Å². The lowest BCUT2D eigenvalue weighted by Crippen LogP contribution is -2.61. The van der Waals surface area contributed by atoms with Crippen molar-refractivity contribution in [1.82, 2.24) is 26.1 Å². The predicted octanol–water partition coefficient (Wildman–Crippen LogP) is 2.72. The van der Waals surface area contributed by atoms with Crippen LogP contribution >= 0.6 is 0 Å². The Bertz CT molecular complexity index is 1370. The van der Waals surface area contributed by atoms with Crippen molar-refractivity contribution in [3.05, 3.63) is 41.7 Å². The van der Waals surface area contributed by atoms with Crippen molar-refractivity contribution in [2.75, 3.05) is 19.8 Å². The minimum Gasteiger partial charge on any atom is -0.457 e. The summed E-state index contributed by atoms with van der Waals surface area (Å²) < 4.78 is 11.5. The Morgan fingerprint density at radius 3 is 2.51 bits per heavy atom. The first-order chi connectivity index (χ1) is 20.6. The van der Waals surface area contributed by atoms with Crippen LogP contribution in [0.5, 0.6) is 0 Å². The normalized spacial score (nSPS) is 27.6. The molecule has 1 aromatic heterocycles. The van der Waals surface area contributed by atoms with Crippen molar-refractivity contribution < 1.29 is 28.7 Å². The van der Waals surface area contributed by atoms with Crippen LogP contribution in [0.4, 0.5) is 0 Å². The van der Waals surface area contributed by atoms with Crippen LogP contribution in [0.1, 0.15) is 77.2 Å². The largest absolute Gasteiger partial charge is 0.457 e. The average Bonchev–Trinajstić information content (AvgIpc) is 3.01. The summed E-state index contributed by atoms with van der Waals surface area (Å²) in [5.74, 6) is -1.62. The van der Waals surface area contributed by atoms with Crippen LogP contribution in [0.25, 0.3) is 10.8 Å². The van der Waals surface area contributed by atoms with Gasteiger partial charge in [-0.3, -0.25) is 29.2 Å². The lowest BCUT2D eigenvalue weighted by atomic mass is 9.74. The molecule has 2 aromatic rings. The van der Waals surface area contributed by atoms with E-state index < -0.39 is 41.5 Å². The van der Waals surface area contributed by atoms with E-state index in [1.54, 1.807) is 6.92 Å². The number of fused-ring (bicyclic) bond motifs is 4. The van der Waals surface area contributed by atoms with Gasteiger partial charge >= 0.3 is 5.97 Å². The molecule has 3 aliphatic heterocycles. The molecule has 2 saturated heterocycles. The first-order valence-electron chi connectivity index (χ1n) is 15.4. The fraction of sp³-hybridized carbons (Fsp3) is 0.594. The number of ether oxygens (including phenoxy) is 2. The third-order valence-electron chi connectivity index (χ3n) is 9.06. The molecule has 4 heterocycles. The number of amides is 3. The highest BCUT2D eigenvalue weighted by molar-refractivity contribution is 5.93. The topological polar surface area (TPSA) is 139 Å². The monoisotopic (exact) mass is 593 g/mol. The Hall–Kier alpha value is -3.57. The maximum Gasteiger partial charge on any atom is 0.325 e. The van der Waals surface area contributed by atoms with Gasteiger partial charge in [-0.15, -0.1) is 0 Å². The van der Waals surface area contributed by atoms with Gasteiger partial charge in [0.25, 0.3) is 5.91 Å². The van der Waals surface area contributed by atoms with E-state index in [9.17, 15) is 19.2 Å². The van der Waals surface area contributed by atoms with Gasteiger partial charge in [0.2, 0.25) is 11.8 Å². The lowest BCUT2D eigenvalue weighted by molar-refractivity contribution is -0.157. The summed E-state index contributed by atoms with van der Waals surface area (Å²) in [4.78, 5) is 58.5. The smallest absolute Gasteiger partial charge is 0.325 e. The van der Waals surface area contributed by atoms with Gasteiger partial charge in [-0.2, -0.15) is 0 Å². The molecule has 5 rings (SSSR count). The highest BCUT2D eigenvalue weighted by Crippen LogP contribution is 2.36. The Morgan fingerprint density at radius 2 is 1.77 bits per heavy atom. The van der Waals surface area contributed by atoms with E-state index in [0.717, 1.165) is 22.0 Å². The quantitative estimate of drug-likeness (QED) is 0.429. The van der Waals surface area contributed by atoms with E-state index >= 15 is 0 Å². The number of esters is 1. The number of rotatable bonds is 1. The van der Waals surface area contributed by atoms with Crippen LogP contribution in [-0.4, -0.2) is 71.6 Å². The number of carbonyl (C=O) groups is 4. The Morgan fingerprint density at radius 1 is 1.00 bits per heavy atom. The van der Waals surface area contributed by atoms with Crippen LogP contribution < -0.4 is 16.1 Å². The number of cyclic esters (lactones) is 1. The second-order valence-corrected chi connectivity index (χ2v) is 12.5. The molecule has 11 nitrogen and oxygen atoms in total. The minimum atomic E-state index is -0.873. The second-order valence-electron chi connectivity index (χ2n) is 12.5. The molecular formula is C32H43N5O6. The Labute approximate surface area is 252 Å². The molecule has 0 aliphatic carbocycles. The van der Waals surface area contributed by atoms with Gasteiger partial charge in [0.05, 0.1) is 5.41 Å². The molecule has 3 N–H and O–H groups in total. The number of aryl methyl sites for hydroxylation is 1. The van der Waals surface area contributed by atoms with Crippen LogP contribution in [0.2, 0.25) is 0 Å². The third-order valence-corrected chi connectivity index (χ3v) is 9.06. The molecule has 0 radical (unpaired) electrons. The molecule has 232 valence electrons. The first kappa shape index (κ1) is 30.9. The zero-order valence-corrected chi connectivity index (χ0v) is 25.5. The molecule has 0 unspecified atom stereocenters. The number of nitrogens with one attached hydrogen (secondary N) is 3. The van der Waals surface area contributed by atoms with E-state index in [2.05, 4.69) is 21.0 Å². The van der Waals surface area contributed by atoms with Gasteiger partial charge in [-0.1, -0.05) is 26.0 Å². The highest BCUT2D eigenvalue weighted by atomic mass is 16.5. The van der Waals surface area contributed by atoms with Crippen LogP contribution in [0.15, 0.2) is 30.5 Å². The molecule has 5 bridgehead atoms. The summed E-state index contributed by atoms with van der Waals surface area (Å²) in [5.41, 5.74) is 4.01. The summed E-state index contributed by atoms with van der Waals surface area (Å²) in [7, 11) is 0. The van der Waals surface area contributed by atoms with E-state index in [1.165, 1.54) is 5.01 Å². The molecule has 0 saturated carbocycles. The summed E-state index contributed by atoms with van der Waals surface area (Å²) >= 11 is 0. The predicted molar refractivity (Wildman–Crippen MR) is 159 cm³/mol. The summed E-state index contributed by atoms with van der Waals surface area (Å²) in [6.45, 7) is 8.50. The number of pyridine rings is 1. The summed E-state index contributed by atoms with van der Waals surface area (Å²) in [5, 5.41) is 9.15. The molecular weight excluding hydrogens is 550 g/mol. The summed E-state index contributed by atoms with van der Waals surface area (Å²) in [6.07, 6.45) is 4.67. The highest BCUT2D eigenvalue weighted by Gasteiger charge is 2.42. The molecule has 1 spiro atoms. The van der Waals surface area contributed by atoms with Gasteiger partial charge in [-0.25, -0.2) is 5.43 Å². The van der Waals surface area contributed by atoms with Gasteiger partial charge < -0.3 is 20.1 Å². The molecule has 11 heteroatoms. The van der Waals surface area contributed by atoms with E-state index in [-0.39, 0.29) is 17.7 Å². The van der Waals surface area contributed by atoms with Gasteiger partial charge in [-0.05, 0) is 81.4 Å². The fourth-order valence-corrected chi connectivity index (χ4v) is 6.18. The van der Waals surface area contributed by atoms with E-state index in [4.69, 9.17) is 9.47 Å². The second kappa shape index (κ2) is 13.0. The van der Waals surface area contributed by atoms with Crippen LogP contribution in [0.3, 0.4) is 0 Å². The minimum absolute atomic E-state index is 0.178. The van der Waals surface area contributed by atoms with Gasteiger partial charge in [0.15, 0.2) is 0 Å². The number of aromatic nitrogens is 1. The lowest BCUT2D eigenvalue weighted by Gasteiger charge is -2.38. The average molecular weight is 594 g/mol. The molecule has 3 amide bonds. The fourth-order valence-electron chi connectivity index (χ4n) is 6.18. The third kappa shape index (κ3) is 6.83. The van der Waals surface area contributed by atoms with Gasteiger partial charge in [0, 0.05) is 37.0 Å². The number of nitrogens with zero attached hydrogens (tertiary/aromatic N) is 2. The van der Waals surface area contributed by atoms with E-state index in [1.807, 2.05) is 51.2 Å². The molecule has 43 heavy (non-hydrogen) atoms. The Kier molecular flexibility index (Phi) is 9.31. The molecule has 4 atom stereocenters. The van der Waals surface area contributed by atoms with Crippen LogP contribution in [-0.2, 0) is 35.1 Å². The van der Waals surface area contributed by atoms with Crippen molar-refractivity contribution >= 4 is 34.5 Å². The molecule has 2 fully saturated rings. The van der Waals surface area contributed by atoms with E-state index in [0.29, 0.717) is 58.3 Å². The molecule has 3 aliphatic rings. The maximum atomic E-state index is 13.9. The van der Waals surface area contributed by atoms with Crippen LogP contribution in [0, 0.1) is 11.3 Å². The number of hydrazine groups is 1. The SMILES string of the molecule is CC(C)[C@@H]1NC(=O)C2(CCOCC2)CCc2cc3cc(ccc3cn2)[C@@H](C)OC(=O)[C@@H]2CCCN(N2)C(=O)[C@H](C)NC1=O.